The molecule has 0 bridgehead atoms. The molecule has 2 nitrogen and oxygen atoms in total. The number of hydrogen-bond donors (Lipinski definition) is 1. The van der Waals surface area contributed by atoms with Gasteiger partial charge in [-0.15, -0.1) is 0 Å². The minimum absolute atomic E-state index is 0.0172. The fraction of sp³-hybridized carbons (Fsp3) is 0.375. The van der Waals surface area contributed by atoms with Crippen LogP contribution in [0.3, 0.4) is 0 Å². The molecule has 3 rings (SSSR count). The van der Waals surface area contributed by atoms with E-state index in [0.29, 0.717) is 0 Å². The summed E-state index contributed by atoms with van der Waals surface area (Å²) in [4.78, 5) is 0. The van der Waals surface area contributed by atoms with Crippen LogP contribution in [0.25, 0.3) is 10.8 Å². The molecule has 0 amide bonds. The molecule has 0 aliphatic carbocycles. The van der Waals surface area contributed by atoms with Crippen molar-refractivity contribution in [1.82, 2.24) is 0 Å². The van der Waals surface area contributed by atoms with E-state index in [9.17, 15) is 0 Å². The Labute approximate surface area is 108 Å². The van der Waals surface area contributed by atoms with Gasteiger partial charge in [-0.05, 0) is 35.6 Å². The SMILES string of the molecule is NC(c1cccc2ccccc12)C1CCCCO1. The zero-order chi connectivity index (χ0) is 12.4. The number of ether oxygens (including phenoxy) is 1. The van der Waals surface area contributed by atoms with E-state index in [4.69, 9.17) is 10.5 Å². The topological polar surface area (TPSA) is 35.2 Å². The predicted molar refractivity (Wildman–Crippen MR) is 74.5 cm³/mol. The first-order valence-electron chi connectivity index (χ1n) is 6.71. The summed E-state index contributed by atoms with van der Waals surface area (Å²) in [5.74, 6) is 0. The Kier molecular flexibility index (Phi) is 3.31. The molecule has 2 unspecified atom stereocenters. The van der Waals surface area contributed by atoms with E-state index in [1.165, 1.54) is 29.2 Å². The molecule has 1 heterocycles. The van der Waals surface area contributed by atoms with E-state index in [-0.39, 0.29) is 12.1 Å². The Morgan fingerprint density at radius 1 is 1.06 bits per heavy atom. The minimum atomic E-state index is -0.0172. The van der Waals surface area contributed by atoms with Crippen molar-refractivity contribution in [3.63, 3.8) is 0 Å². The van der Waals surface area contributed by atoms with Gasteiger partial charge in [0.25, 0.3) is 0 Å². The second kappa shape index (κ2) is 5.09. The lowest BCUT2D eigenvalue weighted by Gasteiger charge is -2.28. The van der Waals surface area contributed by atoms with Crippen molar-refractivity contribution in [2.24, 2.45) is 5.73 Å². The maximum Gasteiger partial charge on any atom is 0.0767 e. The monoisotopic (exact) mass is 241 g/mol. The van der Waals surface area contributed by atoms with Gasteiger partial charge >= 0.3 is 0 Å². The minimum Gasteiger partial charge on any atom is -0.376 e. The third kappa shape index (κ3) is 2.14. The average molecular weight is 241 g/mol. The van der Waals surface area contributed by atoms with Gasteiger partial charge in [-0.3, -0.25) is 0 Å². The van der Waals surface area contributed by atoms with Gasteiger partial charge in [-0.25, -0.2) is 0 Å². The Morgan fingerprint density at radius 2 is 1.89 bits per heavy atom. The average Bonchev–Trinajstić information content (AvgIpc) is 2.47. The maximum atomic E-state index is 6.41. The molecule has 2 aromatic carbocycles. The number of rotatable bonds is 2. The van der Waals surface area contributed by atoms with Crippen LogP contribution >= 0.6 is 0 Å². The third-order valence-corrected chi connectivity index (χ3v) is 3.80. The molecule has 1 fully saturated rings. The fourth-order valence-corrected chi connectivity index (χ4v) is 2.79. The molecule has 18 heavy (non-hydrogen) atoms. The highest BCUT2D eigenvalue weighted by molar-refractivity contribution is 5.86. The Hall–Kier alpha value is -1.38. The third-order valence-electron chi connectivity index (χ3n) is 3.80. The molecule has 1 saturated heterocycles. The van der Waals surface area contributed by atoms with Crippen molar-refractivity contribution in [3.8, 4) is 0 Å². The Morgan fingerprint density at radius 3 is 2.72 bits per heavy atom. The van der Waals surface area contributed by atoms with Crippen LogP contribution in [0.15, 0.2) is 42.5 Å². The summed E-state index contributed by atoms with van der Waals surface area (Å²) in [6.45, 7) is 0.850. The van der Waals surface area contributed by atoms with E-state index >= 15 is 0 Å². The molecule has 2 N–H and O–H groups in total. The maximum absolute atomic E-state index is 6.41. The van der Waals surface area contributed by atoms with Gasteiger partial charge in [0.2, 0.25) is 0 Å². The van der Waals surface area contributed by atoms with Gasteiger partial charge in [0, 0.05) is 6.61 Å². The van der Waals surface area contributed by atoms with Crippen LogP contribution in [0.2, 0.25) is 0 Å². The lowest BCUT2D eigenvalue weighted by atomic mass is 9.92. The standard InChI is InChI=1S/C16H19NO/c17-16(15-10-3-4-11-18-15)14-9-5-7-12-6-1-2-8-13(12)14/h1-2,5-9,15-16H,3-4,10-11,17H2. The zero-order valence-corrected chi connectivity index (χ0v) is 10.5. The molecule has 1 aliphatic heterocycles. The van der Waals surface area contributed by atoms with E-state index in [0.717, 1.165) is 13.0 Å². The second-order valence-electron chi connectivity index (χ2n) is 5.00. The molecule has 2 aromatic rings. The zero-order valence-electron chi connectivity index (χ0n) is 10.5. The summed E-state index contributed by atoms with van der Waals surface area (Å²) in [7, 11) is 0. The van der Waals surface area contributed by atoms with Crippen LogP contribution in [0.5, 0.6) is 0 Å². The quantitative estimate of drug-likeness (QED) is 0.874. The molecular formula is C16H19NO. The van der Waals surface area contributed by atoms with Crippen molar-refractivity contribution in [3.05, 3.63) is 48.0 Å². The molecule has 1 aliphatic rings. The summed E-state index contributed by atoms with van der Waals surface area (Å²) in [6, 6.07) is 14.7. The Bertz CT molecular complexity index is 526. The summed E-state index contributed by atoms with van der Waals surface area (Å²) in [5, 5.41) is 2.50. The van der Waals surface area contributed by atoms with Crippen LogP contribution in [0.4, 0.5) is 0 Å². The van der Waals surface area contributed by atoms with Gasteiger partial charge in [0.05, 0.1) is 12.1 Å². The summed E-state index contributed by atoms with van der Waals surface area (Å²) < 4.78 is 5.82. The molecule has 94 valence electrons. The van der Waals surface area contributed by atoms with Crippen molar-refractivity contribution in [2.45, 2.75) is 31.4 Å². The smallest absolute Gasteiger partial charge is 0.0767 e. The molecule has 2 heteroatoms. The van der Waals surface area contributed by atoms with E-state index < -0.39 is 0 Å². The lowest BCUT2D eigenvalue weighted by molar-refractivity contribution is 0.000276. The molecule has 0 spiro atoms. The highest BCUT2D eigenvalue weighted by Crippen LogP contribution is 2.29. The van der Waals surface area contributed by atoms with E-state index in [2.05, 4.69) is 42.5 Å². The molecule has 0 saturated carbocycles. The summed E-state index contributed by atoms with van der Waals surface area (Å²) in [6.07, 6.45) is 3.64. The number of fused-ring (bicyclic) bond motifs is 1. The van der Waals surface area contributed by atoms with Gasteiger partial charge in [0.1, 0.15) is 0 Å². The van der Waals surface area contributed by atoms with E-state index in [1.807, 2.05) is 0 Å². The fourth-order valence-electron chi connectivity index (χ4n) is 2.79. The van der Waals surface area contributed by atoms with Crippen LogP contribution in [0, 0.1) is 0 Å². The number of nitrogens with two attached hydrogens (primary N) is 1. The first kappa shape index (κ1) is 11.7. The first-order valence-corrected chi connectivity index (χ1v) is 6.71. The first-order chi connectivity index (χ1) is 8.86. The molecule has 0 radical (unpaired) electrons. The van der Waals surface area contributed by atoms with Crippen LogP contribution in [-0.2, 0) is 4.74 Å². The van der Waals surface area contributed by atoms with Crippen molar-refractivity contribution in [1.29, 1.82) is 0 Å². The van der Waals surface area contributed by atoms with Crippen LogP contribution < -0.4 is 5.73 Å². The largest absolute Gasteiger partial charge is 0.376 e. The number of hydrogen-bond acceptors (Lipinski definition) is 2. The molecule has 0 aromatic heterocycles. The van der Waals surface area contributed by atoms with Crippen LogP contribution in [-0.4, -0.2) is 12.7 Å². The van der Waals surface area contributed by atoms with Crippen molar-refractivity contribution >= 4 is 10.8 Å². The van der Waals surface area contributed by atoms with Crippen LogP contribution in [0.1, 0.15) is 30.9 Å². The summed E-state index contributed by atoms with van der Waals surface area (Å²) >= 11 is 0. The van der Waals surface area contributed by atoms with Gasteiger partial charge in [0.15, 0.2) is 0 Å². The highest BCUT2D eigenvalue weighted by Gasteiger charge is 2.23. The Balaban J connectivity index is 1.97. The van der Waals surface area contributed by atoms with Gasteiger partial charge in [-0.2, -0.15) is 0 Å². The van der Waals surface area contributed by atoms with Crippen molar-refractivity contribution < 1.29 is 4.74 Å². The molecule has 2 atom stereocenters. The molecular weight excluding hydrogens is 222 g/mol. The number of benzene rings is 2. The summed E-state index contributed by atoms with van der Waals surface area (Å²) in [5.41, 5.74) is 7.62. The highest BCUT2D eigenvalue weighted by atomic mass is 16.5. The van der Waals surface area contributed by atoms with Crippen molar-refractivity contribution in [2.75, 3.05) is 6.61 Å². The second-order valence-corrected chi connectivity index (χ2v) is 5.00. The lowest BCUT2D eigenvalue weighted by Crippen LogP contribution is -2.32. The van der Waals surface area contributed by atoms with Gasteiger partial charge < -0.3 is 10.5 Å². The van der Waals surface area contributed by atoms with E-state index in [1.54, 1.807) is 0 Å². The predicted octanol–water partition coefficient (Wildman–Crippen LogP) is 3.41. The normalized spacial score (nSPS) is 21.9. The van der Waals surface area contributed by atoms with Gasteiger partial charge in [-0.1, -0.05) is 42.5 Å².